The summed E-state index contributed by atoms with van der Waals surface area (Å²) in [5.74, 6) is -0.181. The first-order chi connectivity index (χ1) is 11.6. The maximum absolute atomic E-state index is 12.1. The van der Waals surface area contributed by atoms with E-state index in [-0.39, 0.29) is 11.8 Å². The normalized spacial score (nSPS) is 15.3. The Morgan fingerprint density at radius 3 is 2.42 bits per heavy atom. The Kier molecular flexibility index (Phi) is 7.25. The van der Waals surface area contributed by atoms with Gasteiger partial charge in [-0.15, -0.1) is 0 Å². The van der Waals surface area contributed by atoms with Crippen LogP contribution in [0.5, 0.6) is 0 Å². The lowest BCUT2D eigenvalue weighted by molar-refractivity contribution is -0.114. The number of amides is 2. The molecule has 1 aliphatic carbocycles. The summed E-state index contributed by atoms with van der Waals surface area (Å²) in [5, 5.41) is 5.66. The Morgan fingerprint density at radius 1 is 1.12 bits per heavy atom. The Bertz CT molecular complexity index is 536. The SMILES string of the molecule is CC(=O)Nc1ccc(C(=O)NCCCN(C)C2CCCCC2)cc1. The molecule has 2 amide bonds. The fourth-order valence-electron chi connectivity index (χ4n) is 3.25. The Labute approximate surface area is 144 Å². The van der Waals surface area contributed by atoms with Crippen molar-refractivity contribution in [2.75, 3.05) is 25.5 Å². The monoisotopic (exact) mass is 331 g/mol. The molecule has 0 saturated heterocycles. The fourth-order valence-corrected chi connectivity index (χ4v) is 3.25. The fraction of sp³-hybridized carbons (Fsp3) is 0.579. The summed E-state index contributed by atoms with van der Waals surface area (Å²) in [4.78, 5) is 25.5. The van der Waals surface area contributed by atoms with Crippen LogP contribution in [-0.2, 0) is 4.79 Å². The van der Waals surface area contributed by atoms with E-state index in [1.54, 1.807) is 24.3 Å². The molecule has 0 spiro atoms. The van der Waals surface area contributed by atoms with E-state index in [2.05, 4.69) is 22.6 Å². The first kappa shape index (κ1) is 18.5. The van der Waals surface area contributed by atoms with Crippen LogP contribution in [0.2, 0.25) is 0 Å². The minimum Gasteiger partial charge on any atom is -0.352 e. The van der Waals surface area contributed by atoms with Gasteiger partial charge in [0.25, 0.3) is 5.91 Å². The zero-order valence-corrected chi connectivity index (χ0v) is 14.8. The van der Waals surface area contributed by atoms with Crippen LogP contribution in [0.4, 0.5) is 5.69 Å². The van der Waals surface area contributed by atoms with Crippen molar-refractivity contribution < 1.29 is 9.59 Å². The molecule has 0 unspecified atom stereocenters. The number of anilines is 1. The number of benzene rings is 1. The lowest BCUT2D eigenvalue weighted by Gasteiger charge is -2.31. The van der Waals surface area contributed by atoms with Crippen LogP contribution >= 0.6 is 0 Å². The molecule has 0 aromatic heterocycles. The van der Waals surface area contributed by atoms with E-state index in [1.807, 2.05) is 0 Å². The second kappa shape index (κ2) is 9.42. The Morgan fingerprint density at radius 2 is 1.79 bits per heavy atom. The zero-order valence-electron chi connectivity index (χ0n) is 14.8. The molecule has 0 atom stereocenters. The topological polar surface area (TPSA) is 61.4 Å². The number of hydrogen-bond donors (Lipinski definition) is 2. The number of nitrogens with one attached hydrogen (secondary N) is 2. The molecule has 1 fully saturated rings. The van der Waals surface area contributed by atoms with Crippen molar-refractivity contribution in [2.45, 2.75) is 51.5 Å². The quantitative estimate of drug-likeness (QED) is 0.755. The second-order valence-corrected chi connectivity index (χ2v) is 6.64. The molecule has 1 aromatic rings. The van der Waals surface area contributed by atoms with Crippen molar-refractivity contribution in [3.63, 3.8) is 0 Å². The van der Waals surface area contributed by atoms with Crippen LogP contribution in [0.25, 0.3) is 0 Å². The average Bonchev–Trinajstić information content (AvgIpc) is 2.59. The molecule has 2 N–H and O–H groups in total. The van der Waals surface area contributed by atoms with Crippen LogP contribution in [0.3, 0.4) is 0 Å². The van der Waals surface area contributed by atoms with E-state index in [4.69, 9.17) is 0 Å². The molecule has 2 rings (SSSR count). The first-order valence-electron chi connectivity index (χ1n) is 8.92. The van der Waals surface area contributed by atoms with E-state index in [1.165, 1.54) is 39.0 Å². The summed E-state index contributed by atoms with van der Waals surface area (Å²) in [6.45, 7) is 3.17. The smallest absolute Gasteiger partial charge is 0.251 e. The van der Waals surface area contributed by atoms with Gasteiger partial charge in [0.1, 0.15) is 0 Å². The maximum atomic E-state index is 12.1. The molecule has 24 heavy (non-hydrogen) atoms. The van der Waals surface area contributed by atoms with Gasteiger partial charge in [-0.25, -0.2) is 0 Å². The van der Waals surface area contributed by atoms with Gasteiger partial charge < -0.3 is 15.5 Å². The van der Waals surface area contributed by atoms with Crippen molar-refractivity contribution in [3.8, 4) is 0 Å². The highest BCUT2D eigenvalue weighted by molar-refractivity contribution is 5.95. The van der Waals surface area contributed by atoms with Gasteiger partial charge in [0.15, 0.2) is 0 Å². The van der Waals surface area contributed by atoms with Gasteiger partial charge >= 0.3 is 0 Å². The van der Waals surface area contributed by atoms with Crippen LogP contribution in [0, 0.1) is 0 Å². The van der Waals surface area contributed by atoms with Gasteiger partial charge in [-0.1, -0.05) is 19.3 Å². The highest BCUT2D eigenvalue weighted by Gasteiger charge is 2.17. The van der Waals surface area contributed by atoms with Crippen molar-refractivity contribution in [1.29, 1.82) is 0 Å². The van der Waals surface area contributed by atoms with E-state index < -0.39 is 0 Å². The molecule has 0 aliphatic heterocycles. The third-order valence-electron chi connectivity index (χ3n) is 4.64. The molecular formula is C19H29N3O2. The molecule has 1 saturated carbocycles. The van der Waals surface area contributed by atoms with Crippen molar-refractivity contribution in [3.05, 3.63) is 29.8 Å². The lowest BCUT2D eigenvalue weighted by atomic mass is 9.94. The number of nitrogens with zero attached hydrogens (tertiary/aromatic N) is 1. The van der Waals surface area contributed by atoms with Crippen LogP contribution in [-0.4, -0.2) is 42.9 Å². The third-order valence-corrected chi connectivity index (χ3v) is 4.64. The summed E-state index contributed by atoms with van der Waals surface area (Å²) in [6.07, 6.45) is 7.65. The highest BCUT2D eigenvalue weighted by Crippen LogP contribution is 2.21. The Hall–Kier alpha value is -1.88. The summed E-state index contributed by atoms with van der Waals surface area (Å²) in [7, 11) is 2.19. The molecule has 132 valence electrons. The molecule has 1 aliphatic rings. The van der Waals surface area contributed by atoms with Crippen LogP contribution in [0.1, 0.15) is 55.8 Å². The predicted octanol–water partition coefficient (Wildman–Crippen LogP) is 3.03. The van der Waals surface area contributed by atoms with E-state index in [0.717, 1.165) is 19.0 Å². The standard InChI is InChI=1S/C19H29N3O2/c1-15(23)21-17-11-9-16(10-12-17)19(24)20-13-6-14-22(2)18-7-4-3-5-8-18/h9-12,18H,3-8,13-14H2,1-2H3,(H,20,24)(H,21,23). The number of rotatable bonds is 7. The predicted molar refractivity (Wildman–Crippen MR) is 97.2 cm³/mol. The van der Waals surface area contributed by atoms with E-state index in [0.29, 0.717) is 17.8 Å². The molecule has 1 aromatic carbocycles. The van der Waals surface area contributed by atoms with Gasteiger partial charge in [-0.05, 0) is 57.1 Å². The largest absolute Gasteiger partial charge is 0.352 e. The Balaban J connectivity index is 1.68. The lowest BCUT2D eigenvalue weighted by Crippen LogP contribution is -2.35. The number of hydrogen-bond acceptors (Lipinski definition) is 3. The number of carbonyl (C=O) groups is 2. The minimum absolute atomic E-state index is 0.0651. The molecule has 5 nitrogen and oxygen atoms in total. The number of carbonyl (C=O) groups excluding carboxylic acids is 2. The van der Waals surface area contributed by atoms with E-state index >= 15 is 0 Å². The van der Waals surface area contributed by atoms with Gasteiger partial charge in [0, 0.05) is 30.8 Å². The minimum atomic E-state index is -0.116. The highest BCUT2D eigenvalue weighted by atomic mass is 16.2. The average molecular weight is 331 g/mol. The summed E-state index contributed by atoms with van der Waals surface area (Å²) < 4.78 is 0. The third kappa shape index (κ3) is 5.96. The van der Waals surface area contributed by atoms with E-state index in [9.17, 15) is 9.59 Å². The molecule has 0 bridgehead atoms. The van der Waals surface area contributed by atoms with Crippen molar-refractivity contribution in [2.24, 2.45) is 0 Å². The second-order valence-electron chi connectivity index (χ2n) is 6.64. The molecule has 0 radical (unpaired) electrons. The molecular weight excluding hydrogens is 302 g/mol. The van der Waals surface area contributed by atoms with Crippen molar-refractivity contribution >= 4 is 17.5 Å². The van der Waals surface area contributed by atoms with Gasteiger partial charge in [0.2, 0.25) is 5.91 Å². The van der Waals surface area contributed by atoms with Gasteiger partial charge in [-0.2, -0.15) is 0 Å². The summed E-state index contributed by atoms with van der Waals surface area (Å²) >= 11 is 0. The van der Waals surface area contributed by atoms with Crippen LogP contribution < -0.4 is 10.6 Å². The van der Waals surface area contributed by atoms with Crippen molar-refractivity contribution in [1.82, 2.24) is 10.2 Å². The molecule has 0 heterocycles. The maximum Gasteiger partial charge on any atom is 0.251 e. The summed E-state index contributed by atoms with van der Waals surface area (Å²) in [5.41, 5.74) is 1.32. The van der Waals surface area contributed by atoms with Gasteiger partial charge in [0.05, 0.1) is 0 Å². The molecule has 5 heteroatoms. The first-order valence-corrected chi connectivity index (χ1v) is 8.92. The van der Waals surface area contributed by atoms with Gasteiger partial charge in [-0.3, -0.25) is 9.59 Å². The zero-order chi connectivity index (χ0) is 17.4. The van der Waals surface area contributed by atoms with Crippen LogP contribution in [0.15, 0.2) is 24.3 Å². The summed E-state index contributed by atoms with van der Waals surface area (Å²) in [6, 6.07) is 7.67.